The molecule has 1 aromatic rings. The molecule has 0 bridgehead atoms. The number of alkyl halides is 3. The van der Waals surface area contributed by atoms with E-state index in [-0.39, 0.29) is 17.8 Å². The molecule has 0 amide bonds. The van der Waals surface area contributed by atoms with E-state index in [0.717, 1.165) is 6.20 Å². The van der Waals surface area contributed by atoms with Gasteiger partial charge in [0.2, 0.25) is 0 Å². The van der Waals surface area contributed by atoms with E-state index in [1.54, 1.807) is 0 Å². The van der Waals surface area contributed by atoms with E-state index in [1.807, 2.05) is 13.8 Å². The van der Waals surface area contributed by atoms with Gasteiger partial charge in [-0.05, 0) is 12.3 Å². The molecule has 1 aromatic heterocycles. The third kappa shape index (κ3) is 4.51. The fourth-order valence-corrected chi connectivity index (χ4v) is 2.16. The van der Waals surface area contributed by atoms with Crippen molar-refractivity contribution in [1.82, 2.24) is 4.98 Å². The van der Waals surface area contributed by atoms with Crippen molar-refractivity contribution in [2.24, 2.45) is 5.92 Å². The Morgan fingerprint density at radius 1 is 1.47 bits per heavy atom. The van der Waals surface area contributed by atoms with Gasteiger partial charge in [-0.25, -0.2) is 4.98 Å². The topological polar surface area (TPSA) is 45.1 Å². The number of anilines is 1. The van der Waals surface area contributed by atoms with Crippen LogP contribution in [0.25, 0.3) is 0 Å². The van der Waals surface area contributed by atoms with Crippen LogP contribution >= 0.6 is 11.3 Å². The molecule has 0 aromatic carbocycles. The van der Waals surface area contributed by atoms with Gasteiger partial charge in [0.1, 0.15) is 4.88 Å². The summed E-state index contributed by atoms with van der Waals surface area (Å²) < 4.78 is 37.0. The lowest BCUT2D eigenvalue weighted by atomic mass is 10.1. The molecule has 3 nitrogen and oxygen atoms in total. The molecule has 0 spiro atoms. The average molecular weight is 268 g/mol. The van der Waals surface area contributed by atoms with Crippen LogP contribution in [0.4, 0.5) is 18.3 Å². The standard InChI is InChI=1S/C10H15F3N2OS/c1-6(2)3-7(5-16)15-9-14-4-8(17-9)10(11,12)13/h4,6-7,16H,3,5H2,1-2H3,(H,14,15). The fraction of sp³-hybridized carbons (Fsp3) is 0.700. The van der Waals surface area contributed by atoms with Gasteiger partial charge in [-0.15, -0.1) is 0 Å². The number of hydrogen-bond donors (Lipinski definition) is 2. The van der Waals surface area contributed by atoms with Gasteiger partial charge < -0.3 is 10.4 Å². The van der Waals surface area contributed by atoms with E-state index in [9.17, 15) is 13.2 Å². The predicted octanol–water partition coefficient (Wildman–Crippen LogP) is 2.98. The van der Waals surface area contributed by atoms with E-state index in [1.165, 1.54) is 0 Å². The van der Waals surface area contributed by atoms with Crippen LogP contribution in [0.15, 0.2) is 6.20 Å². The molecule has 0 fully saturated rings. The molecular formula is C10H15F3N2OS. The van der Waals surface area contributed by atoms with Crippen LogP contribution in [0.3, 0.4) is 0 Å². The van der Waals surface area contributed by atoms with Gasteiger partial charge in [0.15, 0.2) is 5.13 Å². The smallest absolute Gasteiger partial charge is 0.394 e. The van der Waals surface area contributed by atoms with Crippen molar-refractivity contribution in [1.29, 1.82) is 0 Å². The van der Waals surface area contributed by atoms with Gasteiger partial charge in [0.25, 0.3) is 0 Å². The molecule has 1 unspecified atom stereocenters. The first kappa shape index (κ1) is 14.2. The number of hydrogen-bond acceptors (Lipinski definition) is 4. The van der Waals surface area contributed by atoms with E-state index < -0.39 is 11.1 Å². The minimum Gasteiger partial charge on any atom is -0.394 e. The third-order valence-corrected chi connectivity index (χ3v) is 3.06. The van der Waals surface area contributed by atoms with Gasteiger partial charge in [-0.1, -0.05) is 25.2 Å². The van der Waals surface area contributed by atoms with Crippen molar-refractivity contribution in [3.05, 3.63) is 11.1 Å². The van der Waals surface area contributed by atoms with Crippen LogP contribution in [0.2, 0.25) is 0 Å². The summed E-state index contributed by atoms with van der Waals surface area (Å²) in [4.78, 5) is 2.92. The average Bonchev–Trinajstić information content (AvgIpc) is 2.63. The predicted molar refractivity (Wildman–Crippen MR) is 61.1 cm³/mol. The molecule has 7 heteroatoms. The molecule has 1 rings (SSSR count). The highest BCUT2D eigenvalue weighted by molar-refractivity contribution is 7.15. The lowest BCUT2D eigenvalue weighted by Crippen LogP contribution is -2.25. The summed E-state index contributed by atoms with van der Waals surface area (Å²) in [6.07, 6.45) is -2.88. The van der Waals surface area contributed by atoms with Crippen molar-refractivity contribution in [3.8, 4) is 0 Å². The van der Waals surface area contributed by atoms with Crippen LogP contribution in [0, 0.1) is 5.92 Å². The Balaban J connectivity index is 2.65. The number of thiazole rings is 1. The minimum absolute atomic E-state index is 0.126. The molecule has 0 saturated heterocycles. The second kappa shape index (κ2) is 5.68. The number of aliphatic hydroxyl groups is 1. The Morgan fingerprint density at radius 2 is 2.12 bits per heavy atom. The van der Waals surface area contributed by atoms with Crippen molar-refractivity contribution >= 4 is 16.5 Å². The third-order valence-electron chi connectivity index (χ3n) is 2.09. The van der Waals surface area contributed by atoms with Gasteiger partial charge in [0, 0.05) is 0 Å². The molecule has 17 heavy (non-hydrogen) atoms. The van der Waals surface area contributed by atoms with Crippen LogP contribution in [0.1, 0.15) is 25.1 Å². The zero-order chi connectivity index (χ0) is 13.1. The molecule has 0 saturated carbocycles. The second-order valence-corrected chi connectivity index (χ2v) is 5.21. The lowest BCUT2D eigenvalue weighted by molar-refractivity contribution is -0.134. The summed E-state index contributed by atoms with van der Waals surface area (Å²) in [6.45, 7) is 3.83. The normalized spacial score (nSPS) is 14.1. The van der Waals surface area contributed by atoms with Crippen LogP contribution in [0.5, 0.6) is 0 Å². The zero-order valence-corrected chi connectivity index (χ0v) is 10.4. The quantitative estimate of drug-likeness (QED) is 0.863. The molecule has 1 heterocycles. The highest BCUT2D eigenvalue weighted by Gasteiger charge is 2.33. The van der Waals surface area contributed by atoms with Crippen molar-refractivity contribution in [2.45, 2.75) is 32.5 Å². The summed E-state index contributed by atoms with van der Waals surface area (Å²) in [5.41, 5.74) is 0. The molecule has 0 radical (unpaired) electrons. The fourth-order valence-electron chi connectivity index (χ4n) is 1.39. The van der Waals surface area contributed by atoms with E-state index in [4.69, 9.17) is 5.11 Å². The Kier molecular flexibility index (Phi) is 4.76. The Morgan fingerprint density at radius 3 is 2.53 bits per heavy atom. The first-order valence-electron chi connectivity index (χ1n) is 5.23. The van der Waals surface area contributed by atoms with E-state index >= 15 is 0 Å². The van der Waals surface area contributed by atoms with Crippen molar-refractivity contribution in [3.63, 3.8) is 0 Å². The summed E-state index contributed by atoms with van der Waals surface area (Å²) in [6, 6.07) is -0.262. The first-order chi connectivity index (χ1) is 7.82. The van der Waals surface area contributed by atoms with E-state index in [0.29, 0.717) is 23.7 Å². The first-order valence-corrected chi connectivity index (χ1v) is 6.05. The Labute approximate surface area is 102 Å². The maximum absolute atomic E-state index is 12.3. The molecule has 0 aliphatic carbocycles. The lowest BCUT2D eigenvalue weighted by Gasteiger charge is -2.17. The molecule has 98 valence electrons. The number of aliphatic hydroxyl groups excluding tert-OH is 1. The van der Waals surface area contributed by atoms with Gasteiger partial charge in [-0.3, -0.25) is 0 Å². The molecular weight excluding hydrogens is 253 g/mol. The molecule has 0 aliphatic rings. The number of nitrogens with zero attached hydrogens (tertiary/aromatic N) is 1. The Bertz CT molecular complexity index is 352. The summed E-state index contributed by atoms with van der Waals surface area (Å²) in [7, 11) is 0. The zero-order valence-electron chi connectivity index (χ0n) is 9.58. The van der Waals surface area contributed by atoms with E-state index in [2.05, 4.69) is 10.3 Å². The Hall–Kier alpha value is -0.820. The van der Waals surface area contributed by atoms with Gasteiger partial charge in [-0.2, -0.15) is 13.2 Å². The number of aromatic nitrogens is 1. The number of nitrogens with one attached hydrogen (secondary N) is 1. The molecule has 2 N–H and O–H groups in total. The molecule has 0 aliphatic heterocycles. The maximum atomic E-state index is 12.3. The SMILES string of the molecule is CC(C)CC(CO)Nc1ncc(C(F)(F)F)s1. The minimum atomic E-state index is -4.36. The number of rotatable bonds is 5. The maximum Gasteiger partial charge on any atom is 0.427 e. The highest BCUT2D eigenvalue weighted by Crippen LogP contribution is 2.35. The second-order valence-electron chi connectivity index (χ2n) is 4.18. The largest absolute Gasteiger partial charge is 0.427 e. The van der Waals surface area contributed by atoms with Crippen molar-refractivity contribution in [2.75, 3.05) is 11.9 Å². The summed E-state index contributed by atoms with van der Waals surface area (Å²) >= 11 is 0.552. The van der Waals surface area contributed by atoms with Gasteiger partial charge >= 0.3 is 6.18 Å². The summed E-state index contributed by atoms with van der Waals surface area (Å²) in [5.74, 6) is 0.349. The van der Waals surface area contributed by atoms with Crippen molar-refractivity contribution < 1.29 is 18.3 Å². The summed E-state index contributed by atoms with van der Waals surface area (Å²) in [5, 5.41) is 12.1. The molecule has 1 atom stereocenters. The van der Waals surface area contributed by atoms with Gasteiger partial charge in [0.05, 0.1) is 18.8 Å². The monoisotopic (exact) mass is 268 g/mol. The van der Waals surface area contributed by atoms with Crippen LogP contribution in [-0.2, 0) is 6.18 Å². The number of halogens is 3. The van der Waals surface area contributed by atoms with Crippen LogP contribution in [-0.4, -0.2) is 22.7 Å². The highest BCUT2D eigenvalue weighted by atomic mass is 32.1. The van der Waals surface area contributed by atoms with Crippen LogP contribution < -0.4 is 5.32 Å².